The number of nitrogens with two attached hydrogens (primary N) is 1. The van der Waals surface area contributed by atoms with Crippen LogP contribution in [-0.2, 0) is 10.0 Å². The summed E-state index contributed by atoms with van der Waals surface area (Å²) >= 11 is 0. The molecule has 1 aromatic rings. The van der Waals surface area contributed by atoms with E-state index in [2.05, 4.69) is 4.72 Å². The fraction of sp³-hybridized carbons (Fsp3) is 0.333. The van der Waals surface area contributed by atoms with Crippen LogP contribution < -0.4 is 10.5 Å². The van der Waals surface area contributed by atoms with Crippen molar-refractivity contribution in [3.05, 3.63) is 30.3 Å². The van der Waals surface area contributed by atoms with E-state index < -0.39 is 16.1 Å². The van der Waals surface area contributed by atoms with Crippen molar-refractivity contribution in [2.24, 2.45) is 5.73 Å². The molecule has 0 aliphatic carbocycles. The van der Waals surface area contributed by atoms with Gasteiger partial charge in [0.05, 0.1) is 11.0 Å². The minimum absolute atomic E-state index is 0.0251. The number of rotatable bonds is 5. The van der Waals surface area contributed by atoms with Crippen LogP contribution >= 0.6 is 0 Å². The lowest BCUT2D eigenvalue weighted by atomic mass is 10.4. The summed E-state index contributed by atoms with van der Waals surface area (Å²) in [5.41, 5.74) is 5.16. The molecule has 0 saturated carbocycles. The van der Waals surface area contributed by atoms with Crippen LogP contribution in [0.3, 0.4) is 0 Å². The van der Waals surface area contributed by atoms with Crippen LogP contribution in [0.4, 0.5) is 0 Å². The first-order valence-electron chi connectivity index (χ1n) is 4.49. The summed E-state index contributed by atoms with van der Waals surface area (Å²) in [6.07, 6.45) is -0.858. The zero-order valence-corrected chi connectivity index (χ0v) is 8.94. The van der Waals surface area contributed by atoms with Crippen molar-refractivity contribution < 1.29 is 13.5 Å². The number of aliphatic hydroxyl groups is 1. The molecule has 1 rings (SSSR count). The van der Waals surface area contributed by atoms with E-state index in [1.165, 1.54) is 12.1 Å². The molecule has 1 unspecified atom stereocenters. The van der Waals surface area contributed by atoms with Gasteiger partial charge < -0.3 is 10.8 Å². The second-order valence-electron chi connectivity index (χ2n) is 3.05. The molecule has 0 heterocycles. The predicted molar refractivity (Wildman–Crippen MR) is 56.7 cm³/mol. The molecule has 0 radical (unpaired) electrons. The van der Waals surface area contributed by atoms with E-state index in [0.717, 1.165) is 0 Å². The van der Waals surface area contributed by atoms with E-state index in [9.17, 15) is 8.42 Å². The highest BCUT2D eigenvalue weighted by atomic mass is 32.2. The van der Waals surface area contributed by atoms with Crippen LogP contribution in [0.2, 0.25) is 0 Å². The van der Waals surface area contributed by atoms with E-state index in [1.807, 2.05) is 0 Å². The Balaban J connectivity index is 2.69. The molecular weight excluding hydrogens is 216 g/mol. The fourth-order valence-corrected chi connectivity index (χ4v) is 2.07. The van der Waals surface area contributed by atoms with E-state index in [0.29, 0.717) is 0 Å². The maximum absolute atomic E-state index is 11.6. The summed E-state index contributed by atoms with van der Waals surface area (Å²) < 4.78 is 25.4. The van der Waals surface area contributed by atoms with Crippen molar-refractivity contribution in [1.82, 2.24) is 4.72 Å². The Morgan fingerprint density at radius 3 is 2.47 bits per heavy atom. The number of nitrogens with one attached hydrogen (secondary N) is 1. The van der Waals surface area contributed by atoms with Gasteiger partial charge in [0.1, 0.15) is 0 Å². The topological polar surface area (TPSA) is 92.4 Å². The predicted octanol–water partition coefficient (Wildman–Crippen LogP) is -0.715. The fourth-order valence-electron chi connectivity index (χ4n) is 0.972. The van der Waals surface area contributed by atoms with Gasteiger partial charge in [-0.05, 0) is 12.1 Å². The van der Waals surface area contributed by atoms with E-state index >= 15 is 0 Å². The molecule has 0 spiro atoms. The summed E-state index contributed by atoms with van der Waals surface area (Å²) in [6, 6.07) is 7.96. The number of sulfonamides is 1. The smallest absolute Gasteiger partial charge is 0.240 e. The van der Waals surface area contributed by atoms with Gasteiger partial charge in [-0.15, -0.1) is 0 Å². The number of hydrogen-bond donors (Lipinski definition) is 3. The van der Waals surface area contributed by atoms with Gasteiger partial charge in [-0.1, -0.05) is 18.2 Å². The highest BCUT2D eigenvalue weighted by Crippen LogP contribution is 2.06. The highest BCUT2D eigenvalue weighted by Gasteiger charge is 2.14. The number of hydrogen-bond acceptors (Lipinski definition) is 4. The Morgan fingerprint density at radius 2 is 1.93 bits per heavy atom. The molecule has 0 aliphatic heterocycles. The molecule has 0 aliphatic rings. The van der Waals surface area contributed by atoms with Gasteiger partial charge in [0.2, 0.25) is 10.0 Å². The molecule has 0 fully saturated rings. The van der Waals surface area contributed by atoms with Gasteiger partial charge in [0.25, 0.3) is 0 Å². The van der Waals surface area contributed by atoms with Crippen LogP contribution in [0.15, 0.2) is 35.2 Å². The van der Waals surface area contributed by atoms with Gasteiger partial charge in [0, 0.05) is 13.1 Å². The molecule has 0 bridgehead atoms. The molecule has 5 nitrogen and oxygen atoms in total. The highest BCUT2D eigenvalue weighted by molar-refractivity contribution is 7.89. The van der Waals surface area contributed by atoms with Crippen LogP contribution in [0.25, 0.3) is 0 Å². The average molecular weight is 230 g/mol. The SMILES string of the molecule is NCC(O)CNS(=O)(=O)c1ccccc1. The second-order valence-corrected chi connectivity index (χ2v) is 4.82. The molecule has 1 aromatic carbocycles. The van der Waals surface area contributed by atoms with Crippen molar-refractivity contribution >= 4 is 10.0 Å². The van der Waals surface area contributed by atoms with Crippen LogP contribution in [0, 0.1) is 0 Å². The molecule has 0 aromatic heterocycles. The Hall–Kier alpha value is -0.950. The van der Waals surface area contributed by atoms with Crippen LogP contribution in [-0.4, -0.2) is 32.7 Å². The number of benzene rings is 1. The third kappa shape index (κ3) is 3.60. The monoisotopic (exact) mass is 230 g/mol. The lowest BCUT2D eigenvalue weighted by molar-refractivity contribution is 0.186. The lowest BCUT2D eigenvalue weighted by Crippen LogP contribution is -2.36. The standard InChI is InChI=1S/C9H14N2O3S/c10-6-8(12)7-11-15(13,14)9-4-2-1-3-5-9/h1-5,8,11-12H,6-7,10H2. The maximum Gasteiger partial charge on any atom is 0.240 e. The van der Waals surface area contributed by atoms with Gasteiger partial charge in [-0.2, -0.15) is 0 Å². The molecule has 84 valence electrons. The van der Waals surface area contributed by atoms with Crippen molar-refractivity contribution in [1.29, 1.82) is 0 Å². The quantitative estimate of drug-likeness (QED) is 0.622. The number of aliphatic hydroxyl groups excluding tert-OH is 1. The zero-order valence-electron chi connectivity index (χ0n) is 8.13. The molecule has 1 atom stereocenters. The van der Waals surface area contributed by atoms with Crippen LogP contribution in [0.1, 0.15) is 0 Å². The summed E-state index contributed by atoms with van der Waals surface area (Å²) in [5.74, 6) is 0. The van der Waals surface area contributed by atoms with Gasteiger partial charge in [0.15, 0.2) is 0 Å². The first kappa shape index (κ1) is 12.1. The normalized spacial score (nSPS) is 13.7. The Labute approximate surface area is 89.0 Å². The van der Waals surface area contributed by atoms with Gasteiger partial charge in [-0.3, -0.25) is 0 Å². The summed E-state index contributed by atoms with van der Waals surface area (Å²) in [7, 11) is -3.53. The summed E-state index contributed by atoms with van der Waals surface area (Å²) in [5, 5.41) is 9.12. The minimum Gasteiger partial charge on any atom is -0.390 e. The average Bonchev–Trinajstić information content (AvgIpc) is 2.27. The molecule has 15 heavy (non-hydrogen) atoms. The molecular formula is C9H14N2O3S. The molecule has 0 amide bonds. The second kappa shape index (κ2) is 5.22. The van der Waals surface area contributed by atoms with E-state index in [1.54, 1.807) is 18.2 Å². The van der Waals surface area contributed by atoms with E-state index in [4.69, 9.17) is 10.8 Å². The third-order valence-corrected chi connectivity index (χ3v) is 3.27. The Bertz CT molecular complexity index is 391. The van der Waals surface area contributed by atoms with Crippen molar-refractivity contribution in [2.75, 3.05) is 13.1 Å². The summed E-state index contributed by atoms with van der Waals surface area (Å²) in [6.45, 7) is -0.0506. The zero-order chi connectivity index (χ0) is 11.3. The van der Waals surface area contributed by atoms with Gasteiger partial charge in [-0.25, -0.2) is 13.1 Å². The maximum atomic E-state index is 11.6. The third-order valence-electron chi connectivity index (χ3n) is 1.83. The molecule has 6 heteroatoms. The Kier molecular flexibility index (Phi) is 4.22. The van der Waals surface area contributed by atoms with Gasteiger partial charge >= 0.3 is 0 Å². The largest absolute Gasteiger partial charge is 0.390 e. The first-order valence-corrected chi connectivity index (χ1v) is 5.97. The first-order chi connectivity index (χ1) is 7.06. The van der Waals surface area contributed by atoms with Crippen molar-refractivity contribution in [3.8, 4) is 0 Å². The summed E-state index contributed by atoms with van der Waals surface area (Å²) in [4.78, 5) is 0.175. The van der Waals surface area contributed by atoms with E-state index in [-0.39, 0.29) is 18.0 Å². The lowest BCUT2D eigenvalue weighted by Gasteiger charge is -2.09. The molecule has 0 saturated heterocycles. The molecule has 4 N–H and O–H groups in total. The minimum atomic E-state index is -3.53. The van der Waals surface area contributed by atoms with Crippen molar-refractivity contribution in [3.63, 3.8) is 0 Å². The van der Waals surface area contributed by atoms with Crippen LogP contribution in [0.5, 0.6) is 0 Å². The van der Waals surface area contributed by atoms with Crippen molar-refractivity contribution in [2.45, 2.75) is 11.0 Å². The Morgan fingerprint density at radius 1 is 1.33 bits per heavy atom.